The lowest BCUT2D eigenvalue weighted by molar-refractivity contribution is 0.262. The summed E-state index contributed by atoms with van der Waals surface area (Å²) in [6.45, 7) is 5.36. The summed E-state index contributed by atoms with van der Waals surface area (Å²) in [6.07, 6.45) is 1.88. The van der Waals surface area contributed by atoms with Crippen LogP contribution in [0.4, 0.5) is 0 Å². The lowest BCUT2D eigenvalue weighted by Gasteiger charge is -2.16. The molecule has 0 aliphatic heterocycles. The molecule has 0 heterocycles. The Bertz CT molecular complexity index is 328. The van der Waals surface area contributed by atoms with Crippen molar-refractivity contribution in [2.75, 3.05) is 6.61 Å². The number of aryl methyl sites for hydroxylation is 1. The topological polar surface area (TPSA) is 32.3 Å². The average molecular weight is 286 g/mol. The summed E-state index contributed by atoms with van der Waals surface area (Å²) in [7, 11) is 0. The number of nitrogens with one attached hydrogen (secondary N) is 1. The lowest BCUT2D eigenvalue weighted by Crippen LogP contribution is -2.28. The van der Waals surface area contributed by atoms with E-state index in [0.29, 0.717) is 6.04 Å². The second kappa shape index (κ2) is 7.05. The Morgan fingerprint density at radius 2 is 2.19 bits per heavy atom. The first-order valence-electron chi connectivity index (χ1n) is 5.76. The van der Waals surface area contributed by atoms with Crippen LogP contribution in [0.1, 0.15) is 30.9 Å². The Hall–Kier alpha value is -0.380. The molecular weight excluding hydrogens is 266 g/mol. The van der Waals surface area contributed by atoms with E-state index in [-0.39, 0.29) is 6.61 Å². The number of hydrogen-bond acceptors (Lipinski definition) is 2. The highest BCUT2D eigenvalue weighted by molar-refractivity contribution is 9.10. The highest BCUT2D eigenvalue weighted by atomic mass is 79.9. The van der Waals surface area contributed by atoms with Gasteiger partial charge in [0.05, 0.1) is 0 Å². The van der Waals surface area contributed by atoms with Gasteiger partial charge in [-0.25, -0.2) is 0 Å². The summed E-state index contributed by atoms with van der Waals surface area (Å²) >= 11 is 3.49. The Kier molecular flexibility index (Phi) is 6.03. The molecule has 0 radical (unpaired) electrons. The predicted molar refractivity (Wildman–Crippen MR) is 71.5 cm³/mol. The zero-order valence-corrected chi connectivity index (χ0v) is 11.5. The van der Waals surface area contributed by atoms with E-state index in [4.69, 9.17) is 5.11 Å². The van der Waals surface area contributed by atoms with Gasteiger partial charge in [-0.3, -0.25) is 0 Å². The second-order valence-electron chi connectivity index (χ2n) is 4.08. The Morgan fingerprint density at radius 3 is 2.75 bits per heavy atom. The van der Waals surface area contributed by atoms with Gasteiger partial charge in [0.25, 0.3) is 0 Å². The summed E-state index contributed by atoms with van der Waals surface area (Å²) < 4.78 is 1.15. The van der Waals surface area contributed by atoms with Gasteiger partial charge in [0, 0.05) is 23.7 Å². The van der Waals surface area contributed by atoms with Gasteiger partial charge in [0.2, 0.25) is 0 Å². The molecular formula is C13H20BrNO. The fraction of sp³-hybridized carbons (Fsp3) is 0.538. The SMILES string of the molecule is CCC(CCO)NCc1ccc(Br)c(C)c1. The van der Waals surface area contributed by atoms with Crippen LogP contribution in [-0.2, 0) is 6.54 Å². The monoisotopic (exact) mass is 285 g/mol. The van der Waals surface area contributed by atoms with Gasteiger partial charge in [-0.1, -0.05) is 35.0 Å². The molecule has 0 aliphatic rings. The summed E-state index contributed by atoms with van der Waals surface area (Å²) in [4.78, 5) is 0. The standard InChI is InChI=1S/C13H20BrNO/c1-3-12(6-7-16)15-9-11-4-5-13(14)10(2)8-11/h4-5,8,12,15-16H,3,6-7,9H2,1-2H3. The van der Waals surface area contributed by atoms with E-state index in [1.165, 1.54) is 11.1 Å². The van der Waals surface area contributed by atoms with E-state index in [1.54, 1.807) is 0 Å². The second-order valence-corrected chi connectivity index (χ2v) is 4.94. The Labute approximate surface area is 106 Å². The number of aliphatic hydroxyl groups excluding tert-OH is 1. The van der Waals surface area contributed by atoms with Crippen LogP contribution in [0.25, 0.3) is 0 Å². The third-order valence-corrected chi connectivity index (χ3v) is 3.68. The smallest absolute Gasteiger partial charge is 0.0445 e. The van der Waals surface area contributed by atoms with E-state index in [1.807, 2.05) is 0 Å². The van der Waals surface area contributed by atoms with Crippen LogP contribution in [0.3, 0.4) is 0 Å². The average Bonchev–Trinajstić information content (AvgIpc) is 2.28. The quantitative estimate of drug-likeness (QED) is 0.842. The van der Waals surface area contributed by atoms with Crippen LogP contribution >= 0.6 is 15.9 Å². The van der Waals surface area contributed by atoms with E-state index in [2.05, 4.69) is 53.3 Å². The molecule has 0 aliphatic carbocycles. The van der Waals surface area contributed by atoms with Crippen molar-refractivity contribution in [3.63, 3.8) is 0 Å². The van der Waals surface area contributed by atoms with Gasteiger partial charge in [-0.2, -0.15) is 0 Å². The fourth-order valence-electron chi connectivity index (χ4n) is 1.69. The fourth-order valence-corrected chi connectivity index (χ4v) is 1.93. The first kappa shape index (κ1) is 13.7. The van der Waals surface area contributed by atoms with Crippen LogP contribution in [0.2, 0.25) is 0 Å². The Morgan fingerprint density at radius 1 is 1.44 bits per heavy atom. The van der Waals surface area contributed by atoms with E-state index >= 15 is 0 Å². The molecule has 0 amide bonds. The highest BCUT2D eigenvalue weighted by Crippen LogP contribution is 2.17. The summed E-state index contributed by atoms with van der Waals surface area (Å²) in [5, 5.41) is 12.4. The summed E-state index contributed by atoms with van der Waals surface area (Å²) in [5.74, 6) is 0. The molecule has 0 fully saturated rings. The molecule has 2 N–H and O–H groups in total. The number of rotatable bonds is 6. The molecule has 2 nitrogen and oxygen atoms in total. The summed E-state index contributed by atoms with van der Waals surface area (Å²) in [6, 6.07) is 6.80. The first-order chi connectivity index (χ1) is 7.67. The summed E-state index contributed by atoms with van der Waals surface area (Å²) in [5.41, 5.74) is 2.55. The normalized spacial score (nSPS) is 12.8. The predicted octanol–water partition coefficient (Wildman–Crippen LogP) is 3.01. The molecule has 3 heteroatoms. The first-order valence-corrected chi connectivity index (χ1v) is 6.56. The van der Waals surface area contributed by atoms with Crippen LogP contribution < -0.4 is 5.32 Å². The highest BCUT2D eigenvalue weighted by Gasteiger charge is 2.04. The minimum absolute atomic E-state index is 0.255. The zero-order valence-electron chi connectivity index (χ0n) is 9.96. The molecule has 1 rings (SSSR count). The van der Waals surface area contributed by atoms with Crippen molar-refractivity contribution in [1.82, 2.24) is 5.32 Å². The number of aliphatic hydroxyl groups is 1. The van der Waals surface area contributed by atoms with Crippen LogP contribution in [0, 0.1) is 6.92 Å². The molecule has 16 heavy (non-hydrogen) atoms. The number of benzene rings is 1. The van der Waals surface area contributed by atoms with Crippen molar-refractivity contribution in [3.8, 4) is 0 Å². The lowest BCUT2D eigenvalue weighted by atomic mass is 10.1. The Balaban J connectivity index is 2.50. The molecule has 0 saturated carbocycles. The minimum atomic E-state index is 0.255. The molecule has 1 unspecified atom stereocenters. The van der Waals surface area contributed by atoms with Crippen molar-refractivity contribution in [2.24, 2.45) is 0 Å². The van der Waals surface area contributed by atoms with Crippen molar-refractivity contribution in [3.05, 3.63) is 33.8 Å². The third kappa shape index (κ3) is 4.24. The maximum atomic E-state index is 8.90. The van der Waals surface area contributed by atoms with Gasteiger partial charge in [-0.15, -0.1) is 0 Å². The van der Waals surface area contributed by atoms with Gasteiger partial charge in [0.1, 0.15) is 0 Å². The molecule has 1 atom stereocenters. The zero-order chi connectivity index (χ0) is 12.0. The number of halogens is 1. The minimum Gasteiger partial charge on any atom is -0.396 e. The molecule has 0 bridgehead atoms. The van der Waals surface area contributed by atoms with Gasteiger partial charge < -0.3 is 10.4 Å². The van der Waals surface area contributed by atoms with Gasteiger partial charge in [-0.05, 0) is 37.0 Å². The maximum Gasteiger partial charge on any atom is 0.0445 e. The number of hydrogen-bond donors (Lipinski definition) is 2. The van der Waals surface area contributed by atoms with Crippen molar-refractivity contribution in [2.45, 2.75) is 39.3 Å². The van der Waals surface area contributed by atoms with Gasteiger partial charge in [0.15, 0.2) is 0 Å². The maximum absolute atomic E-state index is 8.90. The van der Waals surface area contributed by atoms with Crippen LogP contribution in [0.5, 0.6) is 0 Å². The molecule has 0 aromatic heterocycles. The third-order valence-electron chi connectivity index (χ3n) is 2.79. The molecule has 90 valence electrons. The van der Waals surface area contributed by atoms with Crippen LogP contribution in [-0.4, -0.2) is 17.8 Å². The van der Waals surface area contributed by atoms with Crippen LogP contribution in [0.15, 0.2) is 22.7 Å². The van der Waals surface area contributed by atoms with Crippen molar-refractivity contribution >= 4 is 15.9 Å². The van der Waals surface area contributed by atoms with E-state index in [0.717, 1.165) is 23.9 Å². The molecule has 1 aromatic carbocycles. The molecule has 0 saturated heterocycles. The van der Waals surface area contributed by atoms with Crippen molar-refractivity contribution in [1.29, 1.82) is 0 Å². The van der Waals surface area contributed by atoms with Gasteiger partial charge >= 0.3 is 0 Å². The molecule has 1 aromatic rings. The largest absolute Gasteiger partial charge is 0.396 e. The van der Waals surface area contributed by atoms with E-state index in [9.17, 15) is 0 Å². The molecule has 0 spiro atoms. The van der Waals surface area contributed by atoms with E-state index < -0.39 is 0 Å². The van der Waals surface area contributed by atoms with Crippen molar-refractivity contribution < 1.29 is 5.11 Å².